The van der Waals surface area contributed by atoms with E-state index in [1.165, 1.54) is 0 Å². The number of aryl methyl sites for hydroxylation is 2. The summed E-state index contributed by atoms with van der Waals surface area (Å²) < 4.78 is 12.4. The van der Waals surface area contributed by atoms with Crippen LogP contribution in [0.15, 0.2) is 72.8 Å². The highest BCUT2D eigenvalue weighted by molar-refractivity contribution is 5.91. The second-order valence-corrected chi connectivity index (χ2v) is 10.2. The highest BCUT2D eigenvalue weighted by Gasteiger charge is 2.25. The first-order valence-electron chi connectivity index (χ1n) is 13.6. The van der Waals surface area contributed by atoms with Gasteiger partial charge in [-0.15, -0.1) is 0 Å². The first-order valence-corrected chi connectivity index (χ1v) is 13.6. The van der Waals surface area contributed by atoms with E-state index in [9.17, 15) is 14.7 Å². The number of ether oxygens (including phenoxy) is 2. The standard InChI is InChI=1S/C32H38N2O5/c1-23-10-6-7-17-29(23)33-32(37)34(21-25-12-4-3-5-13-25)18-19-38-27-15-9-16-28(20-27)39-22-26-14-8-11-24(2)30(26)31(35)36/h3-8,10-14,17,27-28H,9,15-16,18-22H2,1-2H3,(H,33,37)(H,35,36)/t27-,28+/m1/s1. The zero-order chi connectivity index (χ0) is 27.6. The Labute approximate surface area is 230 Å². The SMILES string of the molecule is Cc1ccccc1NC(=O)N(CCO[C@@H]1CCC[C@H](OCc2cccc(C)c2C(=O)O)C1)Cc1ccccc1. The van der Waals surface area contributed by atoms with Crippen LogP contribution < -0.4 is 5.32 Å². The minimum Gasteiger partial charge on any atom is -0.478 e. The number of para-hydroxylation sites is 1. The van der Waals surface area contributed by atoms with Crippen LogP contribution in [0.1, 0.15) is 58.3 Å². The maximum absolute atomic E-state index is 13.2. The number of nitrogens with zero attached hydrogens (tertiary/aromatic N) is 1. The lowest BCUT2D eigenvalue weighted by molar-refractivity contribution is -0.0524. The third-order valence-corrected chi connectivity index (χ3v) is 7.23. The predicted molar refractivity (Wildman–Crippen MR) is 152 cm³/mol. The zero-order valence-corrected chi connectivity index (χ0v) is 22.8. The van der Waals surface area contributed by atoms with E-state index in [2.05, 4.69) is 5.32 Å². The quantitative estimate of drug-likeness (QED) is 0.292. The molecule has 7 heteroatoms. The van der Waals surface area contributed by atoms with Gasteiger partial charge in [0.05, 0.1) is 31.0 Å². The molecule has 0 bridgehead atoms. The van der Waals surface area contributed by atoms with E-state index in [0.29, 0.717) is 30.8 Å². The van der Waals surface area contributed by atoms with Crippen LogP contribution in [0.2, 0.25) is 0 Å². The third-order valence-electron chi connectivity index (χ3n) is 7.23. The molecule has 7 nitrogen and oxygen atoms in total. The molecule has 206 valence electrons. The fraction of sp³-hybridized carbons (Fsp3) is 0.375. The maximum Gasteiger partial charge on any atom is 0.336 e. The molecule has 0 aliphatic heterocycles. The molecule has 1 aliphatic carbocycles. The summed E-state index contributed by atoms with van der Waals surface area (Å²) in [5.41, 5.74) is 4.62. The molecular weight excluding hydrogens is 492 g/mol. The van der Waals surface area contributed by atoms with E-state index in [4.69, 9.17) is 9.47 Å². The van der Waals surface area contributed by atoms with Crippen LogP contribution in [-0.2, 0) is 22.6 Å². The Morgan fingerprint density at radius 3 is 2.33 bits per heavy atom. The molecule has 1 aliphatic rings. The van der Waals surface area contributed by atoms with E-state index in [-0.39, 0.29) is 24.8 Å². The summed E-state index contributed by atoms with van der Waals surface area (Å²) in [4.78, 5) is 26.7. The van der Waals surface area contributed by atoms with Crippen molar-refractivity contribution < 1.29 is 24.2 Å². The Kier molecular flexibility index (Phi) is 10.1. The molecule has 3 aromatic rings. The average molecular weight is 531 g/mol. The Morgan fingerprint density at radius 1 is 0.897 bits per heavy atom. The molecule has 0 aromatic heterocycles. The van der Waals surface area contributed by atoms with Gasteiger partial charge in [0, 0.05) is 18.8 Å². The lowest BCUT2D eigenvalue weighted by Gasteiger charge is -2.30. The van der Waals surface area contributed by atoms with Crippen molar-refractivity contribution in [1.82, 2.24) is 4.90 Å². The fourth-order valence-corrected chi connectivity index (χ4v) is 5.06. The fourth-order valence-electron chi connectivity index (χ4n) is 5.06. The van der Waals surface area contributed by atoms with Gasteiger partial charge in [-0.2, -0.15) is 0 Å². The second-order valence-electron chi connectivity index (χ2n) is 10.2. The first-order chi connectivity index (χ1) is 18.9. The number of carbonyl (C=O) groups is 2. The van der Waals surface area contributed by atoms with E-state index >= 15 is 0 Å². The monoisotopic (exact) mass is 530 g/mol. The first kappa shape index (κ1) is 28.3. The van der Waals surface area contributed by atoms with Crippen molar-refractivity contribution in [1.29, 1.82) is 0 Å². The lowest BCUT2D eigenvalue weighted by atomic mass is 9.94. The Balaban J connectivity index is 1.31. The number of hydrogen-bond acceptors (Lipinski definition) is 4. The summed E-state index contributed by atoms with van der Waals surface area (Å²) >= 11 is 0. The van der Waals surface area contributed by atoms with Crippen LogP contribution >= 0.6 is 0 Å². The average Bonchev–Trinajstić information content (AvgIpc) is 2.93. The van der Waals surface area contributed by atoms with Crippen molar-refractivity contribution in [2.75, 3.05) is 18.5 Å². The Bertz CT molecular complexity index is 1250. The normalized spacial score (nSPS) is 17.0. The number of benzene rings is 3. The van der Waals surface area contributed by atoms with Gasteiger partial charge in [-0.3, -0.25) is 0 Å². The van der Waals surface area contributed by atoms with E-state index in [0.717, 1.165) is 48.1 Å². The highest BCUT2D eigenvalue weighted by Crippen LogP contribution is 2.26. The molecule has 1 fully saturated rings. The summed E-state index contributed by atoms with van der Waals surface area (Å²) in [5, 5.41) is 12.6. The molecule has 0 saturated heterocycles. The highest BCUT2D eigenvalue weighted by atomic mass is 16.5. The van der Waals surface area contributed by atoms with Gasteiger partial charge in [0.15, 0.2) is 0 Å². The number of hydrogen-bond donors (Lipinski definition) is 2. The molecule has 2 atom stereocenters. The van der Waals surface area contributed by atoms with Gasteiger partial charge in [-0.1, -0.05) is 66.7 Å². The number of nitrogens with one attached hydrogen (secondary N) is 1. The molecule has 0 heterocycles. The maximum atomic E-state index is 13.2. The summed E-state index contributed by atoms with van der Waals surface area (Å²) in [6.45, 7) is 5.42. The molecule has 0 spiro atoms. The van der Waals surface area contributed by atoms with E-state index < -0.39 is 5.97 Å². The largest absolute Gasteiger partial charge is 0.478 e. The van der Waals surface area contributed by atoms with Gasteiger partial charge < -0.3 is 24.8 Å². The number of amides is 2. The van der Waals surface area contributed by atoms with Gasteiger partial charge in [0.25, 0.3) is 0 Å². The van der Waals surface area contributed by atoms with Crippen LogP contribution in [0.5, 0.6) is 0 Å². The van der Waals surface area contributed by atoms with Crippen molar-refractivity contribution in [2.24, 2.45) is 0 Å². The predicted octanol–water partition coefficient (Wildman–Crippen LogP) is 6.58. The Morgan fingerprint density at radius 2 is 1.59 bits per heavy atom. The third kappa shape index (κ3) is 8.15. The number of urea groups is 1. The number of aromatic carboxylic acids is 1. The molecule has 3 aromatic carbocycles. The lowest BCUT2D eigenvalue weighted by Crippen LogP contribution is -2.38. The summed E-state index contributed by atoms with van der Waals surface area (Å²) in [7, 11) is 0. The molecule has 0 radical (unpaired) electrons. The van der Waals surface area contributed by atoms with Crippen LogP contribution in [0.3, 0.4) is 0 Å². The van der Waals surface area contributed by atoms with Gasteiger partial charge in [0.1, 0.15) is 0 Å². The summed E-state index contributed by atoms with van der Waals surface area (Å²) in [6.07, 6.45) is 3.65. The molecule has 2 N–H and O–H groups in total. The van der Waals surface area contributed by atoms with Crippen LogP contribution in [-0.4, -0.2) is 47.4 Å². The van der Waals surface area contributed by atoms with E-state index in [1.54, 1.807) is 17.9 Å². The molecular formula is C32H38N2O5. The van der Waals surface area contributed by atoms with Crippen LogP contribution in [0.4, 0.5) is 10.5 Å². The zero-order valence-electron chi connectivity index (χ0n) is 22.8. The van der Waals surface area contributed by atoms with Crippen molar-refractivity contribution in [3.63, 3.8) is 0 Å². The number of carbonyl (C=O) groups excluding carboxylic acids is 1. The molecule has 1 saturated carbocycles. The van der Waals surface area contributed by atoms with E-state index in [1.807, 2.05) is 73.7 Å². The van der Waals surface area contributed by atoms with Gasteiger partial charge in [0.2, 0.25) is 0 Å². The molecule has 2 amide bonds. The van der Waals surface area contributed by atoms with Gasteiger partial charge in [-0.25, -0.2) is 9.59 Å². The van der Waals surface area contributed by atoms with Crippen molar-refractivity contribution in [3.8, 4) is 0 Å². The van der Waals surface area contributed by atoms with Crippen molar-refractivity contribution >= 4 is 17.7 Å². The summed E-state index contributed by atoms with van der Waals surface area (Å²) in [6, 6.07) is 23.0. The molecule has 39 heavy (non-hydrogen) atoms. The number of carboxylic acid groups (broad SMARTS) is 1. The van der Waals surface area contributed by atoms with Crippen LogP contribution in [0.25, 0.3) is 0 Å². The Hall–Kier alpha value is -3.68. The topological polar surface area (TPSA) is 88.1 Å². The minimum atomic E-state index is -0.928. The molecule has 4 rings (SSSR count). The number of anilines is 1. The number of rotatable bonds is 11. The second kappa shape index (κ2) is 13.9. The van der Waals surface area contributed by atoms with Crippen molar-refractivity contribution in [3.05, 3.63) is 101 Å². The van der Waals surface area contributed by atoms with Gasteiger partial charge in [-0.05, 0) is 67.9 Å². The number of carboxylic acids is 1. The molecule has 0 unspecified atom stereocenters. The smallest absolute Gasteiger partial charge is 0.336 e. The minimum absolute atomic E-state index is 0.00989. The van der Waals surface area contributed by atoms with Gasteiger partial charge >= 0.3 is 12.0 Å². The summed E-state index contributed by atoms with van der Waals surface area (Å²) in [5.74, 6) is -0.928. The van der Waals surface area contributed by atoms with Crippen LogP contribution in [0, 0.1) is 13.8 Å². The van der Waals surface area contributed by atoms with Crippen molar-refractivity contribution in [2.45, 2.75) is 64.9 Å².